The minimum absolute atomic E-state index is 0.00408. The van der Waals surface area contributed by atoms with Gasteiger partial charge in [0.2, 0.25) is 5.91 Å². The van der Waals surface area contributed by atoms with E-state index in [9.17, 15) is 9.90 Å². The molecule has 112 valence electrons. The Morgan fingerprint density at radius 3 is 2.68 bits per heavy atom. The van der Waals surface area contributed by atoms with Crippen LogP contribution in [0.3, 0.4) is 0 Å². The smallest absolute Gasteiger partial charge is 0.248 e. The van der Waals surface area contributed by atoms with E-state index in [1.54, 1.807) is 36.2 Å². The molecule has 1 heterocycles. The zero-order valence-corrected chi connectivity index (χ0v) is 13.2. The van der Waals surface area contributed by atoms with Crippen LogP contribution in [0.15, 0.2) is 41.4 Å². The molecule has 0 fully saturated rings. The van der Waals surface area contributed by atoms with Crippen LogP contribution in [0.1, 0.15) is 11.1 Å². The first-order valence-electron chi connectivity index (χ1n) is 6.57. The average Bonchev–Trinajstić information content (AvgIpc) is 2.60. The summed E-state index contributed by atoms with van der Waals surface area (Å²) < 4.78 is 0. The Morgan fingerprint density at radius 1 is 1.14 bits per heavy atom. The Bertz CT molecular complexity index is 803. The van der Waals surface area contributed by atoms with Gasteiger partial charge in [-0.05, 0) is 36.4 Å². The number of hydrogen-bond donors (Lipinski definition) is 1. The van der Waals surface area contributed by atoms with Crippen molar-refractivity contribution in [3.63, 3.8) is 0 Å². The molecule has 6 heteroatoms. The highest BCUT2D eigenvalue weighted by Crippen LogP contribution is 2.32. The van der Waals surface area contributed by atoms with E-state index in [0.717, 1.165) is 0 Å². The molecule has 2 aromatic carbocycles. The third-order valence-corrected chi connectivity index (χ3v) is 4.09. The quantitative estimate of drug-likeness (QED) is 0.867. The minimum Gasteiger partial charge on any atom is -0.508 e. The Hall–Kier alpha value is -2.04. The van der Waals surface area contributed by atoms with Gasteiger partial charge in [-0.1, -0.05) is 23.2 Å². The number of anilines is 1. The summed E-state index contributed by atoms with van der Waals surface area (Å²) in [5.41, 5.74) is 2.50. The molecule has 0 unspecified atom stereocenters. The van der Waals surface area contributed by atoms with Gasteiger partial charge in [0, 0.05) is 23.2 Å². The maximum atomic E-state index is 12.1. The number of phenolic OH excluding ortho intramolecular Hbond substituents is 1. The standard InChI is InChI=1S/C16H12Cl2N2O2/c1-20-14-5-2-9(17)6-12(14)16(19-8-15(20)22)11-7-10(21)3-4-13(11)18/h2-7,21H,8H2,1H3. The number of amides is 1. The molecular weight excluding hydrogens is 323 g/mol. The van der Waals surface area contributed by atoms with Crippen LogP contribution in [-0.2, 0) is 4.79 Å². The molecule has 0 saturated heterocycles. The van der Waals surface area contributed by atoms with Crippen LogP contribution in [0.25, 0.3) is 0 Å². The van der Waals surface area contributed by atoms with Crippen LogP contribution >= 0.6 is 23.2 Å². The van der Waals surface area contributed by atoms with E-state index in [0.29, 0.717) is 32.6 Å². The van der Waals surface area contributed by atoms with E-state index in [-0.39, 0.29) is 18.2 Å². The molecule has 22 heavy (non-hydrogen) atoms. The van der Waals surface area contributed by atoms with Gasteiger partial charge in [0.05, 0.1) is 16.4 Å². The molecule has 1 aliphatic heterocycles. The van der Waals surface area contributed by atoms with E-state index < -0.39 is 0 Å². The fourth-order valence-electron chi connectivity index (χ4n) is 2.39. The van der Waals surface area contributed by atoms with Crippen molar-refractivity contribution < 1.29 is 9.90 Å². The molecule has 0 saturated carbocycles. The summed E-state index contributed by atoms with van der Waals surface area (Å²) in [4.78, 5) is 18.0. The van der Waals surface area contributed by atoms with Crippen molar-refractivity contribution >= 4 is 40.5 Å². The van der Waals surface area contributed by atoms with Crippen molar-refractivity contribution in [1.82, 2.24) is 0 Å². The Labute approximate surface area is 137 Å². The number of halogens is 2. The molecule has 1 aliphatic rings. The highest BCUT2D eigenvalue weighted by atomic mass is 35.5. The lowest BCUT2D eigenvalue weighted by molar-refractivity contribution is -0.116. The first-order chi connectivity index (χ1) is 10.5. The molecule has 0 atom stereocenters. The second-order valence-electron chi connectivity index (χ2n) is 4.94. The molecule has 1 N–H and O–H groups in total. The van der Waals surface area contributed by atoms with Crippen LogP contribution in [-0.4, -0.2) is 30.3 Å². The number of carbonyl (C=O) groups excluding carboxylic acids is 1. The zero-order valence-electron chi connectivity index (χ0n) is 11.7. The second-order valence-corrected chi connectivity index (χ2v) is 5.79. The van der Waals surface area contributed by atoms with E-state index in [2.05, 4.69) is 4.99 Å². The molecule has 3 rings (SSSR count). The van der Waals surface area contributed by atoms with Gasteiger partial charge in [0.1, 0.15) is 12.3 Å². The molecular formula is C16H12Cl2N2O2. The Balaban J connectivity index is 2.27. The molecule has 0 spiro atoms. The van der Waals surface area contributed by atoms with Crippen LogP contribution < -0.4 is 4.90 Å². The number of likely N-dealkylation sites (N-methyl/N-ethyl adjacent to an activating group) is 1. The minimum atomic E-state index is -0.130. The predicted molar refractivity (Wildman–Crippen MR) is 88.5 cm³/mol. The SMILES string of the molecule is CN1C(=O)CN=C(c2cc(O)ccc2Cl)c2cc(Cl)ccc21. The van der Waals surface area contributed by atoms with E-state index >= 15 is 0 Å². The zero-order chi connectivity index (χ0) is 15.9. The third-order valence-electron chi connectivity index (χ3n) is 3.53. The lowest BCUT2D eigenvalue weighted by atomic mass is 10.00. The van der Waals surface area contributed by atoms with Gasteiger partial charge < -0.3 is 10.0 Å². The van der Waals surface area contributed by atoms with Gasteiger partial charge >= 0.3 is 0 Å². The van der Waals surface area contributed by atoms with E-state index in [1.165, 1.54) is 12.1 Å². The van der Waals surface area contributed by atoms with Crippen molar-refractivity contribution in [2.75, 3.05) is 18.5 Å². The second kappa shape index (κ2) is 5.63. The van der Waals surface area contributed by atoms with Gasteiger partial charge in [-0.2, -0.15) is 0 Å². The first kappa shape index (κ1) is 14.9. The molecule has 2 aromatic rings. The number of fused-ring (bicyclic) bond motifs is 1. The number of aliphatic imine (C=N–C) groups is 1. The van der Waals surface area contributed by atoms with Gasteiger partial charge in [0.15, 0.2) is 0 Å². The van der Waals surface area contributed by atoms with Crippen molar-refractivity contribution in [1.29, 1.82) is 0 Å². The highest BCUT2D eigenvalue weighted by molar-refractivity contribution is 6.37. The van der Waals surface area contributed by atoms with Gasteiger partial charge in [-0.3, -0.25) is 9.79 Å². The van der Waals surface area contributed by atoms with Crippen molar-refractivity contribution in [3.8, 4) is 5.75 Å². The Kier molecular flexibility index (Phi) is 3.81. The van der Waals surface area contributed by atoms with Crippen LogP contribution in [0.4, 0.5) is 5.69 Å². The third kappa shape index (κ3) is 2.56. The number of nitrogens with zero attached hydrogens (tertiary/aromatic N) is 2. The monoisotopic (exact) mass is 334 g/mol. The number of carbonyl (C=O) groups is 1. The summed E-state index contributed by atoms with van der Waals surface area (Å²) in [5.74, 6) is -0.0514. The maximum absolute atomic E-state index is 12.1. The van der Waals surface area contributed by atoms with Crippen LogP contribution in [0.5, 0.6) is 5.75 Å². The fourth-order valence-corrected chi connectivity index (χ4v) is 2.77. The number of benzodiazepines with no additional fused rings is 1. The molecule has 0 bridgehead atoms. The summed E-state index contributed by atoms with van der Waals surface area (Å²) in [6.07, 6.45) is 0. The first-order valence-corrected chi connectivity index (χ1v) is 7.33. The molecule has 4 nitrogen and oxygen atoms in total. The van der Waals surface area contributed by atoms with Crippen molar-refractivity contribution in [2.24, 2.45) is 4.99 Å². The lowest BCUT2D eigenvalue weighted by Crippen LogP contribution is -2.27. The van der Waals surface area contributed by atoms with Crippen LogP contribution in [0, 0.1) is 0 Å². The van der Waals surface area contributed by atoms with Crippen molar-refractivity contribution in [3.05, 3.63) is 57.6 Å². The summed E-state index contributed by atoms with van der Waals surface area (Å²) in [7, 11) is 1.69. The number of benzene rings is 2. The summed E-state index contributed by atoms with van der Waals surface area (Å²) in [5, 5.41) is 10.7. The summed E-state index contributed by atoms with van der Waals surface area (Å²) in [6, 6.07) is 9.85. The van der Waals surface area contributed by atoms with Gasteiger partial charge in [0.25, 0.3) is 0 Å². The van der Waals surface area contributed by atoms with Gasteiger partial charge in [-0.25, -0.2) is 0 Å². The van der Waals surface area contributed by atoms with Crippen LogP contribution in [0.2, 0.25) is 10.0 Å². The van der Waals surface area contributed by atoms with Crippen molar-refractivity contribution in [2.45, 2.75) is 0 Å². The molecule has 1 amide bonds. The van der Waals surface area contributed by atoms with E-state index in [4.69, 9.17) is 23.2 Å². The maximum Gasteiger partial charge on any atom is 0.248 e. The largest absolute Gasteiger partial charge is 0.508 e. The number of phenols is 1. The predicted octanol–water partition coefficient (Wildman–Crippen LogP) is 3.51. The normalized spacial score (nSPS) is 14.4. The molecule has 0 radical (unpaired) electrons. The molecule has 0 aromatic heterocycles. The fraction of sp³-hybridized carbons (Fsp3) is 0.125. The number of aromatic hydroxyl groups is 1. The number of rotatable bonds is 1. The number of hydrogen-bond acceptors (Lipinski definition) is 3. The summed E-state index contributed by atoms with van der Waals surface area (Å²) in [6.45, 7) is 0.00408. The average molecular weight is 335 g/mol. The lowest BCUT2D eigenvalue weighted by Gasteiger charge is -2.18. The van der Waals surface area contributed by atoms with Gasteiger partial charge in [-0.15, -0.1) is 0 Å². The topological polar surface area (TPSA) is 52.9 Å². The summed E-state index contributed by atoms with van der Waals surface area (Å²) >= 11 is 12.3. The van der Waals surface area contributed by atoms with E-state index in [1.807, 2.05) is 0 Å². The molecule has 0 aliphatic carbocycles. The Morgan fingerprint density at radius 2 is 1.91 bits per heavy atom. The highest BCUT2D eigenvalue weighted by Gasteiger charge is 2.24.